The van der Waals surface area contributed by atoms with Gasteiger partial charge in [-0.25, -0.2) is 0 Å². The number of rotatable bonds is 5. The van der Waals surface area contributed by atoms with Gasteiger partial charge >= 0.3 is 0 Å². The van der Waals surface area contributed by atoms with E-state index in [0.717, 1.165) is 21.4 Å². The van der Waals surface area contributed by atoms with Crippen LogP contribution in [0.5, 0.6) is 0 Å². The van der Waals surface area contributed by atoms with Gasteiger partial charge in [-0.1, -0.05) is 29.8 Å². The predicted molar refractivity (Wildman–Crippen MR) is 74.4 cm³/mol. The fourth-order valence-corrected chi connectivity index (χ4v) is 2.55. The summed E-state index contributed by atoms with van der Waals surface area (Å²) in [6.45, 7) is 5.56. The van der Waals surface area contributed by atoms with Crippen molar-refractivity contribution < 1.29 is 0 Å². The van der Waals surface area contributed by atoms with Crippen LogP contribution in [-0.4, -0.2) is 6.54 Å². The van der Waals surface area contributed by atoms with Gasteiger partial charge in [0.25, 0.3) is 0 Å². The topological polar surface area (TPSA) is 12.0 Å². The van der Waals surface area contributed by atoms with Crippen molar-refractivity contribution in [2.24, 2.45) is 5.92 Å². The number of hydrogen-bond donors (Lipinski definition) is 1. The molecule has 1 nitrogen and oxygen atoms in total. The maximum Gasteiger partial charge on any atom is 0.0485 e. The van der Waals surface area contributed by atoms with Gasteiger partial charge in [0.05, 0.1) is 0 Å². The van der Waals surface area contributed by atoms with Crippen molar-refractivity contribution in [3.63, 3.8) is 0 Å². The van der Waals surface area contributed by atoms with E-state index in [0.29, 0.717) is 0 Å². The number of anilines is 1. The second-order valence-corrected chi connectivity index (χ2v) is 5.86. The molecule has 1 N–H and O–H groups in total. The molecule has 0 amide bonds. The average molecular weight is 335 g/mol. The van der Waals surface area contributed by atoms with E-state index >= 15 is 0 Å². The van der Waals surface area contributed by atoms with E-state index in [1.54, 1.807) is 0 Å². The Morgan fingerprint density at radius 2 is 2.00 bits per heavy atom. The molecular formula is C12H17Br2N. The van der Waals surface area contributed by atoms with Gasteiger partial charge in [0.2, 0.25) is 0 Å². The fourth-order valence-electron chi connectivity index (χ4n) is 1.37. The molecule has 0 fully saturated rings. The zero-order valence-electron chi connectivity index (χ0n) is 9.19. The van der Waals surface area contributed by atoms with Gasteiger partial charge in [-0.05, 0) is 52.9 Å². The number of hydrogen-bond acceptors (Lipinski definition) is 1. The van der Waals surface area contributed by atoms with Crippen LogP contribution in [0.1, 0.15) is 26.7 Å². The first-order valence-corrected chi connectivity index (χ1v) is 6.87. The highest BCUT2D eigenvalue weighted by molar-refractivity contribution is 9.11. The molecule has 0 aliphatic rings. The van der Waals surface area contributed by atoms with Gasteiger partial charge in [-0.3, -0.25) is 0 Å². The van der Waals surface area contributed by atoms with Crippen molar-refractivity contribution >= 4 is 37.5 Å². The minimum absolute atomic E-state index is 0.792. The third kappa shape index (κ3) is 5.03. The summed E-state index contributed by atoms with van der Waals surface area (Å²) in [6, 6.07) is 6.20. The Morgan fingerprint density at radius 1 is 1.27 bits per heavy atom. The molecule has 1 aromatic carbocycles. The quantitative estimate of drug-likeness (QED) is 0.742. The molecule has 0 saturated carbocycles. The second kappa shape index (κ2) is 6.54. The van der Waals surface area contributed by atoms with E-state index in [1.807, 2.05) is 0 Å². The Morgan fingerprint density at radius 3 is 2.60 bits per heavy atom. The first-order valence-electron chi connectivity index (χ1n) is 5.28. The largest absolute Gasteiger partial charge is 0.384 e. The monoisotopic (exact) mass is 333 g/mol. The molecule has 3 heteroatoms. The summed E-state index contributed by atoms with van der Waals surface area (Å²) >= 11 is 6.98. The summed E-state index contributed by atoms with van der Waals surface area (Å²) < 4.78 is 2.21. The van der Waals surface area contributed by atoms with E-state index in [2.05, 4.69) is 69.2 Å². The Bertz CT molecular complexity index is 310. The number of benzene rings is 1. The standard InChI is InChI=1S/C12H17Br2N/c1-9(2)4-3-7-15-12-6-5-10(13)8-11(12)14/h5-6,8-9,15H,3-4,7H2,1-2H3. The lowest BCUT2D eigenvalue weighted by Crippen LogP contribution is -2.03. The summed E-state index contributed by atoms with van der Waals surface area (Å²) in [6.07, 6.45) is 2.50. The van der Waals surface area contributed by atoms with Gasteiger partial charge in [0.1, 0.15) is 0 Å². The highest BCUT2D eigenvalue weighted by Crippen LogP contribution is 2.26. The zero-order chi connectivity index (χ0) is 11.3. The third-order valence-electron chi connectivity index (χ3n) is 2.20. The van der Waals surface area contributed by atoms with E-state index in [9.17, 15) is 0 Å². The molecule has 0 aromatic heterocycles. The van der Waals surface area contributed by atoms with Gasteiger partial charge in [0.15, 0.2) is 0 Å². The minimum atomic E-state index is 0.792. The molecule has 0 aliphatic heterocycles. The van der Waals surface area contributed by atoms with Crippen LogP contribution in [0.4, 0.5) is 5.69 Å². The van der Waals surface area contributed by atoms with E-state index in [1.165, 1.54) is 18.5 Å². The van der Waals surface area contributed by atoms with Gasteiger partial charge in [0, 0.05) is 21.2 Å². The fraction of sp³-hybridized carbons (Fsp3) is 0.500. The molecule has 1 rings (SSSR count). The Balaban J connectivity index is 2.37. The molecule has 0 unspecified atom stereocenters. The maximum absolute atomic E-state index is 3.54. The van der Waals surface area contributed by atoms with Crippen LogP contribution in [-0.2, 0) is 0 Å². The van der Waals surface area contributed by atoms with Crippen molar-refractivity contribution in [2.75, 3.05) is 11.9 Å². The first kappa shape index (κ1) is 13.0. The molecule has 0 atom stereocenters. The molecule has 15 heavy (non-hydrogen) atoms. The van der Waals surface area contributed by atoms with Gasteiger partial charge in [-0.15, -0.1) is 0 Å². The van der Waals surface area contributed by atoms with Crippen LogP contribution in [0.25, 0.3) is 0 Å². The normalized spacial score (nSPS) is 10.7. The molecule has 1 aromatic rings. The lowest BCUT2D eigenvalue weighted by Gasteiger charge is -2.09. The summed E-state index contributed by atoms with van der Waals surface area (Å²) in [5.41, 5.74) is 1.17. The summed E-state index contributed by atoms with van der Waals surface area (Å²) in [4.78, 5) is 0. The van der Waals surface area contributed by atoms with Gasteiger partial charge < -0.3 is 5.32 Å². The minimum Gasteiger partial charge on any atom is -0.384 e. The SMILES string of the molecule is CC(C)CCCNc1ccc(Br)cc1Br. The van der Waals surface area contributed by atoms with Gasteiger partial charge in [-0.2, -0.15) is 0 Å². The molecule has 0 saturated heterocycles. The summed E-state index contributed by atoms with van der Waals surface area (Å²) in [7, 11) is 0. The summed E-state index contributed by atoms with van der Waals surface area (Å²) in [5.74, 6) is 0.792. The Labute approximate surface area is 109 Å². The van der Waals surface area contributed by atoms with E-state index < -0.39 is 0 Å². The maximum atomic E-state index is 3.54. The van der Waals surface area contributed by atoms with Crippen LogP contribution in [0.2, 0.25) is 0 Å². The first-order chi connectivity index (χ1) is 7.09. The second-order valence-electron chi connectivity index (χ2n) is 4.09. The molecule has 84 valence electrons. The zero-order valence-corrected chi connectivity index (χ0v) is 12.4. The van der Waals surface area contributed by atoms with E-state index in [-0.39, 0.29) is 0 Å². The van der Waals surface area contributed by atoms with Crippen molar-refractivity contribution in [3.8, 4) is 0 Å². The molecule has 0 bridgehead atoms. The van der Waals surface area contributed by atoms with Crippen molar-refractivity contribution in [2.45, 2.75) is 26.7 Å². The third-order valence-corrected chi connectivity index (χ3v) is 3.35. The lowest BCUT2D eigenvalue weighted by molar-refractivity contribution is 0.567. The van der Waals surface area contributed by atoms with Crippen LogP contribution in [0.15, 0.2) is 27.1 Å². The molecular weight excluding hydrogens is 318 g/mol. The van der Waals surface area contributed by atoms with Crippen LogP contribution < -0.4 is 5.32 Å². The molecule has 0 spiro atoms. The highest BCUT2D eigenvalue weighted by atomic mass is 79.9. The molecule has 0 aliphatic carbocycles. The summed E-state index contributed by atoms with van der Waals surface area (Å²) in [5, 5.41) is 3.43. The highest BCUT2D eigenvalue weighted by Gasteiger charge is 1.99. The van der Waals surface area contributed by atoms with Crippen LogP contribution in [0.3, 0.4) is 0 Å². The van der Waals surface area contributed by atoms with E-state index in [4.69, 9.17) is 0 Å². The smallest absolute Gasteiger partial charge is 0.0485 e. The number of halogens is 2. The average Bonchev–Trinajstić information content (AvgIpc) is 2.14. The number of nitrogens with one attached hydrogen (secondary N) is 1. The van der Waals surface area contributed by atoms with Crippen molar-refractivity contribution in [1.82, 2.24) is 0 Å². The molecule has 0 radical (unpaired) electrons. The lowest BCUT2D eigenvalue weighted by atomic mass is 10.1. The Kier molecular flexibility index (Phi) is 5.69. The molecule has 0 heterocycles. The predicted octanol–water partition coefficient (Wildman–Crippen LogP) is 5.06. The van der Waals surface area contributed by atoms with Crippen molar-refractivity contribution in [3.05, 3.63) is 27.1 Å². The van der Waals surface area contributed by atoms with Crippen molar-refractivity contribution in [1.29, 1.82) is 0 Å². The Hall–Kier alpha value is -0.0200. The van der Waals surface area contributed by atoms with Crippen LogP contribution >= 0.6 is 31.9 Å². The van der Waals surface area contributed by atoms with Crippen LogP contribution in [0, 0.1) is 5.92 Å².